The Labute approximate surface area is 98.4 Å². The van der Waals surface area contributed by atoms with Gasteiger partial charge in [-0.1, -0.05) is 13.0 Å². The van der Waals surface area contributed by atoms with Gasteiger partial charge in [-0.3, -0.25) is 15.0 Å². The Morgan fingerprint density at radius 3 is 2.82 bits per heavy atom. The first kappa shape index (κ1) is 11.6. The third kappa shape index (κ3) is 2.13. The van der Waals surface area contributed by atoms with Crippen molar-refractivity contribution in [2.75, 3.05) is 11.4 Å². The van der Waals surface area contributed by atoms with Crippen molar-refractivity contribution in [3.05, 3.63) is 29.6 Å². The highest BCUT2D eigenvalue weighted by atomic mass is 19.1. The Morgan fingerprint density at radius 1 is 1.41 bits per heavy atom. The highest BCUT2D eigenvalue weighted by Gasteiger charge is 2.30. The van der Waals surface area contributed by atoms with E-state index in [1.807, 2.05) is 0 Å². The zero-order valence-electron chi connectivity index (χ0n) is 9.66. The zero-order valence-corrected chi connectivity index (χ0v) is 9.66. The molecule has 1 saturated heterocycles. The molecule has 5 heteroatoms. The molecule has 1 aromatic carbocycles. The van der Waals surface area contributed by atoms with Crippen LogP contribution in [0.15, 0.2) is 18.2 Å². The van der Waals surface area contributed by atoms with Gasteiger partial charge in [0.05, 0.1) is 11.6 Å². The van der Waals surface area contributed by atoms with Crippen LogP contribution in [0.25, 0.3) is 0 Å². The molecule has 0 aromatic heterocycles. The van der Waals surface area contributed by atoms with Crippen molar-refractivity contribution in [1.29, 1.82) is 0 Å². The first-order valence-electron chi connectivity index (χ1n) is 5.37. The van der Waals surface area contributed by atoms with Crippen molar-refractivity contribution in [3.63, 3.8) is 0 Å². The quantitative estimate of drug-likeness (QED) is 0.808. The number of benzene rings is 1. The lowest BCUT2D eigenvalue weighted by molar-refractivity contribution is -0.123. The molecule has 0 spiro atoms. The summed E-state index contributed by atoms with van der Waals surface area (Å²) in [5.74, 6) is -0.987. The van der Waals surface area contributed by atoms with Crippen molar-refractivity contribution in [2.24, 2.45) is 5.92 Å². The number of aryl methyl sites for hydroxylation is 1. The average molecular weight is 236 g/mol. The van der Waals surface area contributed by atoms with Crippen LogP contribution in [0.3, 0.4) is 0 Å². The molecule has 1 aromatic rings. The summed E-state index contributed by atoms with van der Waals surface area (Å²) in [6, 6.07) is 3.76. The summed E-state index contributed by atoms with van der Waals surface area (Å²) in [7, 11) is 0. The standard InChI is InChI=1S/C12H13FN2O2/c1-7-3-4-9(13)5-10(7)15-6-8(2)11(16)14-12(15)17/h3-5,8H,6H2,1-2H3,(H,14,16,17). The first-order valence-corrected chi connectivity index (χ1v) is 5.37. The molecule has 90 valence electrons. The van der Waals surface area contributed by atoms with Gasteiger partial charge in [0.25, 0.3) is 0 Å². The van der Waals surface area contributed by atoms with Gasteiger partial charge in [0.15, 0.2) is 0 Å². The maximum absolute atomic E-state index is 13.2. The van der Waals surface area contributed by atoms with Gasteiger partial charge in [0, 0.05) is 6.54 Å². The van der Waals surface area contributed by atoms with Crippen LogP contribution in [-0.4, -0.2) is 18.5 Å². The van der Waals surface area contributed by atoms with Crippen molar-refractivity contribution >= 4 is 17.6 Å². The summed E-state index contributed by atoms with van der Waals surface area (Å²) in [6.45, 7) is 3.79. The second kappa shape index (κ2) is 4.16. The van der Waals surface area contributed by atoms with E-state index >= 15 is 0 Å². The molecule has 17 heavy (non-hydrogen) atoms. The molecule has 1 aliphatic rings. The van der Waals surface area contributed by atoms with Crippen molar-refractivity contribution in [2.45, 2.75) is 13.8 Å². The van der Waals surface area contributed by atoms with Crippen LogP contribution in [0.2, 0.25) is 0 Å². The summed E-state index contributed by atoms with van der Waals surface area (Å²) in [5, 5.41) is 2.25. The lowest BCUT2D eigenvalue weighted by Gasteiger charge is -2.31. The molecule has 1 aliphatic heterocycles. The second-order valence-electron chi connectivity index (χ2n) is 4.24. The van der Waals surface area contributed by atoms with E-state index in [-0.39, 0.29) is 18.4 Å². The number of nitrogens with one attached hydrogen (secondary N) is 1. The number of carbonyl (C=O) groups excluding carboxylic acids is 2. The molecular formula is C12H13FN2O2. The molecule has 0 saturated carbocycles. The molecule has 0 radical (unpaired) electrons. The number of anilines is 1. The molecule has 0 aliphatic carbocycles. The average Bonchev–Trinajstić information content (AvgIpc) is 2.27. The maximum atomic E-state index is 13.2. The van der Waals surface area contributed by atoms with Crippen LogP contribution in [0.5, 0.6) is 0 Å². The van der Waals surface area contributed by atoms with Crippen LogP contribution in [0.1, 0.15) is 12.5 Å². The van der Waals surface area contributed by atoms with E-state index in [1.165, 1.54) is 17.0 Å². The topological polar surface area (TPSA) is 49.4 Å². The third-order valence-electron chi connectivity index (χ3n) is 2.84. The van der Waals surface area contributed by atoms with Crippen LogP contribution in [0.4, 0.5) is 14.9 Å². The van der Waals surface area contributed by atoms with Crippen molar-refractivity contribution in [1.82, 2.24) is 5.32 Å². The van der Waals surface area contributed by atoms with E-state index < -0.39 is 11.8 Å². The molecule has 1 N–H and O–H groups in total. The Balaban J connectivity index is 2.36. The van der Waals surface area contributed by atoms with E-state index in [4.69, 9.17) is 0 Å². The van der Waals surface area contributed by atoms with Crippen molar-refractivity contribution < 1.29 is 14.0 Å². The molecule has 1 heterocycles. The van der Waals surface area contributed by atoms with E-state index in [9.17, 15) is 14.0 Å². The zero-order chi connectivity index (χ0) is 12.6. The third-order valence-corrected chi connectivity index (χ3v) is 2.84. The molecule has 1 unspecified atom stereocenters. The van der Waals surface area contributed by atoms with Gasteiger partial charge in [-0.15, -0.1) is 0 Å². The summed E-state index contributed by atoms with van der Waals surface area (Å²) in [5.41, 5.74) is 1.30. The number of amides is 3. The lowest BCUT2D eigenvalue weighted by atomic mass is 10.1. The van der Waals surface area contributed by atoms with E-state index in [0.29, 0.717) is 5.69 Å². The van der Waals surface area contributed by atoms with Crippen molar-refractivity contribution in [3.8, 4) is 0 Å². The summed E-state index contributed by atoms with van der Waals surface area (Å²) < 4.78 is 13.2. The number of imide groups is 1. The Kier molecular flexibility index (Phi) is 2.83. The fraction of sp³-hybridized carbons (Fsp3) is 0.333. The molecule has 1 atom stereocenters. The fourth-order valence-corrected chi connectivity index (χ4v) is 1.82. The lowest BCUT2D eigenvalue weighted by Crippen LogP contribution is -2.54. The molecule has 2 rings (SSSR count). The number of urea groups is 1. The number of carbonyl (C=O) groups is 2. The van der Waals surface area contributed by atoms with E-state index in [0.717, 1.165) is 5.56 Å². The van der Waals surface area contributed by atoms with Crippen LogP contribution in [-0.2, 0) is 4.79 Å². The van der Waals surface area contributed by atoms with E-state index in [2.05, 4.69) is 5.32 Å². The summed E-state index contributed by atoms with van der Waals surface area (Å²) in [6.07, 6.45) is 0. The Morgan fingerprint density at radius 2 is 2.12 bits per heavy atom. The van der Waals surface area contributed by atoms with Gasteiger partial charge in [-0.25, -0.2) is 9.18 Å². The minimum Gasteiger partial charge on any atom is -0.293 e. The number of rotatable bonds is 1. The summed E-state index contributed by atoms with van der Waals surface area (Å²) in [4.78, 5) is 24.4. The predicted molar refractivity (Wildman–Crippen MR) is 61.2 cm³/mol. The van der Waals surface area contributed by atoms with Gasteiger partial charge >= 0.3 is 6.03 Å². The number of hydrogen-bond donors (Lipinski definition) is 1. The maximum Gasteiger partial charge on any atom is 0.328 e. The SMILES string of the molecule is Cc1ccc(F)cc1N1CC(C)C(=O)NC1=O. The smallest absolute Gasteiger partial charge is 0.293 e. The highest BCUT2D eigenvalue weighted by molar-refractivity contribution is 6.06. The molecule has 0 bridgehead atoms. The molecular weight excluding hydrogens is 223 g/mol. The molecule has 1 fully saturated rings. The van der Waals surface area contributed by atoms with Gasteiger partial charge in [0.2, 0.25) is 5.91 Å². The predicted octanol–water partition coefficient (Wildman–Crippen LogP) is 1.83. The largest absolute Gasteiger partial charge is 0.328 e. The first-order chi connectivity index (χ1) is 7.99. The summed E-state index contributed by atoms with van der Waals surface area (Å²) >= 11 is 0. The van der Waals surface area contributed by atoms with Gasteiger partial charge in [0.1, 0.15) is 5.82 Å². The normalized spacial score (nSPS) is 20.4. The number of nitrogens with zero attached hydrogens (tertiary/aromatic N) is 1. The van der Waals surface area contributed by atoms with E-state index in [1.54, 1.807) is 19.9 Å². The number of halogens is 1. The number of hydrogen-bond acceptors (Lipinski definition) is 2. The van der Waals surface area contributed by atoms with Gasteiger partial charge < -0.3 is 0 Å². The molecule has 3 amide bonds. The minimum atomic E-state index is -0.498. The highest BCUT2D eigenvalue weighted by Crippen LogP contribution is 2.24. The van der Waals surface area contributed by atoms with Crippen LogP contribution in [0, 0.1) is 18.7 Å². The minimum absolute atomic E-state index is 0.273. The Bertz CT molecular complexity index is 487. The van der Waals surface area contributed by atoms with Crippen LogP contribution >= 0.6 is 0 Å². The van der Waals surface area contributed by atoms with Crippen LogP contribution < -0.4 is 10.2 Å². The second-order valence-corrected chi connectivity index (χ2v) is 4.24. The fourth-order valence-electron chi connectivity index (χ4n) is 1.82. The van der Waals surface area contributed by atoms with Gasteiger partial charge in [-0.05, 0) is 24.6 Å². The van der Waals surface area contributed by atoms with Gasteiger partial charge in [-0.2, -0.15) is 0 Å². The molecule has 4 nitrogen and oxygen atoms in total. The monoisotopic (exact) mass is 236 g/mol. The Hall–Kier alpha value is -1.91.